The second-order valence-electron chi connectivity index (χ2n) is 4.70. The Hall–Kier alpha value is -3.23. The van der Waals surface area contributed by atoms with Crippen LogP contribution in [0.2, 0.25) is 0 Å². The molecule has 1 aromatic carbocycles. The van der Waals surface area contributed by atoms with E-state index in [-0.39, 0.29) is 17.5 Å². The van der Waals surface area contributed by atoms with E-state index in [0.717, 1.165) is 0 Å². The first-order valence-electron chi connectivity index (χ1n) is 6.93. The second-order valence-corrected chi connectivity index (χ2v) is 4.70. The van der Waals surface area contributed by atoms with Crippen molar-refractivity contribution in [2.75, 3.05) is 10.6 Å². The Morgan fingerprint density at radius 1 is 1.17 bits per heavy atom. The summed E-state index contributed by atoms with van der Waals surface area (Å²) in [6.45, 7) is 1.79. The fraction of sp³-hybridized carbons (Fsp3) is 0.214. The summed E-state index contributed by atoms with van der Waals surface area (Å²) in [4.78, 5) is 26.9. The highest BCUT2D eigenvalue weighted by Gasteiger charge is 2.18. The van der Waals surface area contributed by atoms with Gasteiger partial charge in [0.15, 0.2) is 11.5 Å². The number of benzene rings is 1. The Bertz CT molecular complexity index is 706. The Morgan fingerprint density at radius 2 is 1.87 bits per heavy atom. The Labute approximate surface area is 132 Å². The lowest BCUT2D eigenvalue weighted by atomic mass is 10.2. The van der Waals surface area contributed by atoms with Crippen molar-refractivity contribution in [3.8, 4) is 0 Å². The summed E-state index contributed by atoms with van der Waals surface area (Å²) in [5, 5.41) is 13.2. The summed E-state index contributed by atoms with van der Waals surface area (Å²) in [5.74, 6) is -1.09. The highest BCUT2D eigenvalue weighted by atomic mass is 16.1. The van der Waals surface area contributed by atoms with Gasteiger partial charge >= 0.3 is 0 Å². The lowest BCUT2D eigenvalue weighted by molar-refractivity contribution is -0.118. The van der Waals surface area contributed by atoms with Crippen LogP contribution in [0.1, 0.15) is 23.8 Å². The number of amides is 2. The van der Waals surface area contributed by atoms with Gasteiger partial charge in [-0.25, -0.2) is 0 Å². The topological polar surface area (TPSA) is 149 Å². The normalized spacial score (nSPS) is 11.5. The van der Waals surface area contributed by atoms with Gasteiger partial charge in [0.1, 0.15) is 6.04 Å². The molecule has 1 atom stereocenters. The maximum Gasteiger partial charge on any atom is 0.273 e. The maximum absolute atomic E-state index is 11.5. The summed E-state index contributed by atoms with van der Waals surface area (Å²) in [5.41, 5.74) is 11.1. The number of nitrogens with zero attached hydrogens (tertiary/aromatic N) is 3. The lowest BCUT2D eigenvalue weighted by Gasteiger charge is -2.14. The summed E-state index contributed by atoms with van der Waals surface area (Å²) in [7, 11) is 0. The molecule has 1 heterocycles. The Kier molecular flexibility index (Phi) is 5.03. The maximum atomic E-state index is 11.5. The zero-order valence-corrected chi connectivity index (χ0v) is 12.5. The molecule has 0 aliphatic rings. The van der Waals surface area contributed by atoms with Gasteiger partial charge in [0.05, 0.1) is 0 Å². The summed E-state index contributed by atoms with van der Waals surface area (Å²) >= 11 is 0. The molecule has 0 fully saturated rings. The SMILES string of the molecule is CC[C@@H](Nc1nnc(C(N)=O)c(Nc2ccccc2)n1)C(N)=O. The number of nitrogens with one attached hydrogen (secondary N) is 2. The van der Waals surface area contributed by atoms with Crippen molar-refractivity contribution in [3.05, 3.63) is 36.0 Å². The molecule has 6 N–H and O–H groups in total. The predicted molar refractivity (Wildman–Crippen MR) is 85.0 cm³/mol. The standard InChI is InChI=1S/C14H17N7O2/c1-2-9(11(15)22)18-14-19-13(10(12(16)23)20-21-14)17-8-6-4-3-5-7-8/h3-7,9H,2H2,1H3,(H2,15,22)(H2,16,23)(H2,17,18,19,21)/t9-/m1/s1. The Morgan fingerprint density at radius 3 is 2.43 bits per heavy atom. The molecule has 0 saturated carbocycles. The van der Waals surface area contributed by atoms with Crippen molar-refractivity contribution in [1.82, 2.24) is 15.2 Å². The van der Waals surface area contributed by atoms with Gasteiger partial charge in [-0.1, -0.05) is 25.1 Å². The van der Waals surface area contributed by atoms with Gasteiger partial charge in [-0.05, 0) is 18.6 Å². The number of carbonyl (C=O) groups is 2. The van der Waals surface area contributed by atoms with Crippen LogP contribution in [-0.4, -0.2) is 33.0 Å². The van der Waals surface area contributed by atoms with Crippen molar-refractivity contribution < 1.29 is 9.59 Å². The predicted octanol–water partition coefficient (Wildman–Crippen LogP) is 0.390. The van der Waals surface area contributed by atoms with E-state index in [9.17, 15) is 9.59 Å². The molecular weight excluding hydrogens is 298 g/mol. The van der Waals surface area contributed by atoms with Gasteiger partial charge in [0.25, 0.3) is 5.91 Å². The van der Waals surface area contributed by atoms with Gasteiger partial charge in [0.2, 0.25) is 11.9 Å². The molecule has 0 saturated heterocycles. The molecule has 0 aliphatic carbocycles. The van der Waals surface area contributed by atoms with E-state index in [1.807, 2.05) is 18.2 Å². The van der Waals surface area contributed by atoms with E-state index in [1.54, 1.807) is 19.1 Å². The summed E-state index contributed by atoms with van der Waals surface area (Å²) < 4.78 is 0. The van der Waals surface area contributed by atoms with Gasteiger partial charge in [-0.15, -0.1) is 10.2 Å². The second kappa shape index (κ2) is 7.16. The van der Waals surface area contributed by atoms with Crippen molar-refractivity contribution in [3.63, 3.8) is 0 Å². The van der Waals surface area contributed by atoms with Gasteiger partial charge in [0, 0.05) is 5.69 Å². The van der Waals surface area contributed by atoms with E-state index >= 15 is 0 Å². The van der Waals surface area contributed by atoms with Crippen LogP contribution in [0.5, 0.6) is 0 Å². The first-order valence-corrected chi connectivity index (χ1v) is 6.93. The number of nitrogens with two attached hydrogens (primary N) is 2. The first kappa shape index (κ1) is 16.1. The van der Waals surface area contributed by atoms with Gasteiger partial charge in [-0.3, -0.25) is 9.59 Å². The molecule has 0 bridgehead atoms. The minimum absolute atomic E-state index is 0.0686. The van der Waals surface area contributed by atoms with Crippen LogP contribution in [-0.2, 0) is 4.79 Å². The average molecular weight is 315 g/mol. The fourth-order valence-corrected chi connectivity index (χ4v) is 1.83. The largest absolute Gasteiger partial charge is 0.368 e. The molecular formula is C14H17N7O2. The third-order valence-electron chi connectivity index (χ3n) is 3.01. The number of primary amides is 2. The molecule has 2 rings (SSSR count). The number of anilines is 3. The minimum atomic E-state index is -0.767. The van der Waals surface area contributed by atoms with Gasteiger partial charge in [-0.2, -0.15) is 4.98 Å². The number of aromatic nitrogens is 3. The molecule has 2 aromatic rings. The van der Waals surface area contributed by atoms with E-state index in [2.05, 4.69) is 25.8 Å². The Balaban J connectivity index is 2.32. The van der Waals surface area contributed by atoms with Crippen LogP contribution in [0, 0.1) is 0 Å². The number of hydrogen-bond donors (Lipinski definition) is 4. The van der Waals surface area contributed by atoms with Crippen molar-refractivity contribution in [2.24, 2.45) is 11.5 Å². The fourth-order valence-electron chi connectivity index (χ4n) is 1.83. The third-order valence-corrected chi connectivity index (χ3v) is 3.01. The zero-order valence-electron chi connectivity index (χ0n) is 12.5. The highest BCUT2D eigenvalue weighted by Crippen LogP contribution is 2.18. The zero-order chi connectivity index (χ0) is 16.8. The number of rotatable bonds is 7. The summed E-state index contributed by atoms with van der Waals surface area (Å²) in [6.07, 6.45) is 0.456. The van der Waals surface area contributed by atoms with Crippen LogP contribution < -0.4 is 22.1 Å². The average Bonchev–Trinajstić information content (AvgIpc) is 2.53. The van der Waals surface area contributed by atoms with Crippen molar-refractivity contribution >= 4 is 29.3 Å². The van der Waals surface area contributed by atoms with Crippen LogP contribution in [0.25, 0.3) is 0 Å². The van der Waals surface area contributed by atoms with Crippen molar-refractivity contribution in [2.45, 2.75) is 19.4 Å². The van der Waals surface area contributed by atoms with Crippen LogP contribution >= 0.6 is 0 Å². The molecule has 1 aromatic heterocycles. The van der Waals surface area contributed by atoms with Gasteiger partial charge < -0.3 is 22.1 Å². The monoisotopic (exact) mass is 315 g/mol. The van der Waals surface area contributed by atoms with E-state index < -0.39 is 17.9 Å². The molecule has 9 nitrogen and oxygen atoms in total. The molecule has 0 radical (unpaired) electrons. The first-order chi connectivity index (χ1) is 11.0. The number of carbonyl (C=O) groups excluding carboxylic acids is 2. The van der Waals surface area contributed by atoms with Crippen molar-refractivity contribution in [1.29, 1.82) is 0 Å². The third kappa shape index (κ3) is 4.13. The molecule has 2 amide bonds. The molecule has 0 spiro atoms. The number of para-hydroxylation sites is 1. The lowest BCUT2D eigenvalue weighted by Crippen LogP contribution is -2.35. The molecule has 23 heavy (non-hydrogen) atoms. The van der Waals surface area contributed by atoms with Crippen LogP contribution in [0.4, 0.5) is 17.5 Å². The van der Waals surface area contributed by atoms with Crippen LogP contribution in [0.15, 0.2) is 30.3 Å². The van der Waals surface area contributed by atoms with E-state index in [0.29, 0.717) is 12.1 Å². The number of hydrogen-bond acceptors (Lipinski definition) is 7. The van der Waals surface area contributed by atoms with Crippen LogP contribution in [0.3, 0.4) is 0 Å². The molecule has 0 aliphatic heterocycles. The molecule has 120 valence electrons. The smallest absolute Gasteiger partial charge is 0.273 e. The van der Waals surface area contributed by atoms with E-state index in [4.69, 9.17) is 11.5 Å². The summed E-state index contributed by atoms with van der Waals surface area (Å²) in [6, 6.07) is 8.43. The van der Waals surface area contributed by atoms with E-state index in [1.165, 1.54) is 0 Å². The highest BCUT2D eigenvalue weighted by molar-refractivity contribution is 5.96. The molecule has 0 unspecified atom stereocenters. The molecule has 9 heteroatoms. The minimum Gasteiger partial charge on any atom is -0.368 e. The quantitative estimate of drug-likeness (QED) is 0.577.